The van der Waals surface area contributed by atoms with Gasteiger partial charge in [-0.2, -0.15) is 26.3 Å². The van der Waals surface area contributed by atoms with Crippen molar-refractivity contribution in [1.29, 1.82) is 0 Å². The quantitative estimate of drug-likeness (QED) is 0.448. The van der Waals surface area contributed by atoms with Crippen molar-refractivity contribution in [3.05, 3.63) is 23.8 Å². The number of halogens is 6. The number of carbonyl (C=O) groups excluding carboxylic acids is 1. The first-order valence-electron chi connectivity index (χ1n) is 6.21. The van der Waals surface area contributed by atoms with E-state index in [1.165, 1.54) is 0 Å². The van der Waals surface area contributed by atoms with Gasteiger partial charge in [0, 0.05) is 0 Å². The van der Waals surface area contributed by atoms with E-state index in [1.807, 2.05) is 0 Å². The molecule has 0 spiro atoms. The maximum atomic E-state index is 13.0. The fraction of sp³-hybridized carbons (Fsp3) is 0.417. The van der Waals surface area contributed by atoms with Crippen molar-refractivity contribution in [2.75, 3.05) is 12.9 Å². The van der Waals surface area contributed by atoms with Crippen molar-refractivity contribution in [3.63, 3.8) is 0 Å². The van der Waals surface area contributed by atoms with Crippen LogP contribution in [0.5, 0.6) is 11.5 Å². The summed E-state index contributed by atoms with van der Waals surface area (Å²) in [5.74, 6) is -6.43. The Bertz CT molecular complexity index is 770. The van der Waals surface area contributed by atoms with Crippen LogP contribution in [0.3, 0.4) is 0 Å². The number of methoxy groups -OCH3 is 1. The summed E-state index contributed by atoms with van der Waals surface area (Å²) in [6.45, 7) is 0. The van der Waals surface area contributed by atoms with Crippen molar-refractivity contribution in [2.45, 2.75) is 18.0 Å². The van der Waals surface area contributed by atoms with Crippen molar-refractivity contribution in [1.82, 2.24) is 0 Å². The van der Waals surface area contributed by atoms with Crippen molar-refractivity contribution < 1.29 is 58.7 Å². The Labute approximate surface area is 141 Å². The van der Waals surface area contributed by atoms with E-state index < -0.39 is 56.9 Å². The fourth-order valence-corrected chi connectivity index (χ4v) is 2.62. The molecule has 1 aromatic rings. The molecule has 0 aliphatic carbocycles. The number of carbonyl (C=O) groups is 1. The Kier molecular flexibility index (Phi) is 5.73. The first kappa shape index (κ1) is 21.8. The Morgan fingerprint density at radius 3 is 2.04 bits per heavy atom. The van der Waals surface area contributed by atoms with Gasteiger partial charge in [-0.25, -0.2) is 13.2 Å². The molecule has 1 rings (SSSR count). The Balaban J connectivity index is 3.48. The molecule has 0 fully saturated rings. The van der Waals surface area contributed by atoms with Crippen LogP contribution in [-0.2, 0) is 14.9 Å². The molecule has 0 atom stereocenters. The summed E-state index contributed by atoms with van der Waals surface area (Å²) in [4.78, 5) is 11.8. The number of benzene rings is 1. The zero-order valence-corrected chi connectivity index (χ0v) is 13.3. The monoisotopic (exact) mass is 411 g/mol. The minimum atomic E-state index is -6.47. The van der Waals surface area contributed by atoms with Gasteiger partial charge in [-0.15, -0.1) is 0 Å². The summed E-state index contributed by atoms with van der Waals surface area (Å²) >= 11 is 0. The molecule has 0 unspecified atom stereocenters. The van der Waals surface area contributed by atoms with Crippen LogP contribution in [0.2, 0.25) is 0 Å². The topological polar surface area (TPSA) is 113 Å². The van der Waals surface area contributed by atoms with Gasteiger partial charge in [-0.3, -0.25) is 0 Å². The van der Waals surface area contributed by atoms with Gasteiger partial charge in [0.15, 0.2) is 11.5 Å². The van der Waals surface area contributed by atoms with Crippen molar-refractivity contribution >= 4 is 16.1 Å². The van der Waals surface area contributed by atoms with E-state index in [9.17, 15) is 49.2 Å². The first-order chi connectivity index (χ1) is 11.5. The van der Waals surface area contributed by atoms with Gasteiger partial charge in [0.2, 0.25) is 0 Å². The zero-order valence-electron chi connectivity index (χ0n) is 12.5. The van der Waals surface area contributed by atoms with E-state index in [0.29, 0.717) is 18.2 Å². The Hall–Kier alpha value is -2.22. The minimum Gasteiger partial charge on any atom is -0.748 e. The molecule has 0 radical (unpaired) electrons. The lowest BCUT2D eigenvalue weighted by Crippen LogP contribution is -2.63. The van der Waals surface area contributed by atoms with Gasteiger partial charge in [-0.05, 0) is 18.2 Å². The number of alkyl halides is 6. The van der Waals surface area contributed by atoms with Gasteiger partial charge >= 0.3 is 23.9 Å². The standard InChI is InChI=1S/C12H10F6O7S/c1-24-8-4-6(2-3-7(8)19)9(20)25-10(11(13,14)15,12(16,17)18)5-26(21,22)23/h2-4,19H,5H2,1H3,(H,21,22,23)/p-1. The van der Waals surface area contributed by atoms with Crippen LogP contribution >= 0.6 is 0 Å². The first-order valence-corrected chi connectivity index (χ1v) is 7.79. The molecule has 26 heavy (non-hydrogen) atoms. The van der Waals surface area contributed by atoms with Crippen LogP contribution in [0.15, 0.2) is 18.2 Å². The van der Waals surface area contributed by atoms with Gasteiger partial charge in [-0.1, -0.05) is 0 Å². The zero-order chi connectivity index (χ0) is 20.6. The summed E-state index contributed by atoms with van der Waals surface area (Å²) in [5.41, 5.74) is -6.51. The number of hydrogen-bond acceptors (Lipinski definition) is 7. The molecule has 0 aromatic heterocycles. The lowest BCUT2D eigenvalue weighted by Gasteiger charge is -2.36. The average molecular weight is 411 g/mol. The number of rotatable bonds is 5. The molecule has 0 saturated carbocycles. The van der Waals surface area contributed by atoms with Gasteiger partial charge in [0.1, 0.15) is 0 Å². The minimum absolute atomic E-state index is 0.486. The summed E-state index contributed by atoms with van der Waals surface area (Å²) in [7, 11) is -5.15. The highest BCUT2D eigenvalue weighted by atomic mass is 32.2. The highest BCUT2D eigenvalue weighted by Gasteiger charge is 2.75. The number of phenols is 1. The smallest absolute Gasteiger partial charge is 0.438 e. The molecule has 0 saturated heterocycles. The number of ether oxygens (including phenoxy) is 2. The predicted octanol–water partition coefficient (Wildman–Crippen LogP) is 1.97. The van der Waals surface area contributed by atoms with Crippen LogP contribution in [0.25, 0.3) is 0 Å². The van der Waals surface area contributed by atoms with E-state index in [0.717, 1.165) is 7.11 Å². The summed E-state index contributed by atoms with van der Waals surface area (Å²) in [6.07, 6.45) is -12.9. The molecule has 148 valence electrons. The molecule has 0 aliphatic rings. The third kappa shape index (κ3) is 4.49. The maximum Gasteiger partial charge on any atom is 0.438 e. The van der Waals surface area contributed by atoms with E-state index in [1.54, 1.807) is 0 Å². The maximum absolute atomic E-state index is 13.0. The molecular formula is C12H9F6O7S-. The van der Waals surface area contributed by atoms with Gasteiger partial charge in [0.25, 0.3) is 0 Å². The molecular weight excluding hydrogens is 402 g/mol. The number of aromatic hydroxyl groups is 1. The summed E-state index contributed by atoms with van der Waals surface area (Å²) in [5, 5.41) is 9.30. The van der Waals surface area contributed by atoms with Crippen LogP contribution < -0.4 is 4.74 Å². The molecule has 1 aromatic carbocycles. The Morgan fingerprint density at radius 2 is 1.65 bits per heavy atom. The number of phenolic OH excluding ortho intramolecular Hbond substituents is 1. The molecule has 0 heterocycles. The number of hydrogen-bond donors (Lipinski definition) is 1. The molecule has 14 heteroatoms. The van der Waals surface area contributed by atoms with Gasteiger partial charge < -0.3 is 19.1 Å². The second-order valence-electron chi connectivity index (χ2n) is 4.80. The third-order valence-corrected chi connectivity index (χ3v) is 3.74. The third-order valence-electron chi connectivity index (χ3n) is 2.98. The van der Waals surface area contributed by atoms with E-state index in [-0.39, 0.29) is 0 Å². The Morgan fingerprint density at radius 1 is 1.15 bits per heavy atom. The fourth-order valence-electron chi connectivity index (χ4n) is 1.74. The lowest BCUT2D eigenvalue weighted by atomic mass is 10.1. The highest BCUT2D eigenvalue weighted by molar-refractivity contribution is 7.85. The second-order valence-corrected chi connectivity index (χ2v) is 6.20. The van der Waals surface area contributed by atoms with Crippen LogP contribution in [0.4, 0.5) is 26.3 Å². The normalized spacial score (nSPS) is 13.4. The summed E-state index contributed by atoms with van der Waals surface area (Å²) in [6, 6.07) is 1.87. The van der Waals surface area contributed by atoms with Crippen molar-refractivity contribution in [2.24, 2.45) is 0 Å². The predicted molar refractivity (Wildman–Crippen MR) is 69.5 cm³/mol. The van der Waals surface area contributed by atoms with Crippen LogP contribution in [0, 0.1) is 0 Å². The van der Waals surface area contributed by atoms with E-state index in [2.05, 4.69) is 9.47 Å². The summed E-state index contributed by atoms with van der Waals surface area (Å²) < 4.78 is 118. The van der Waals surface area contributed by atoms with Crippen LogP contribution in [0.1, 0.15) is 10.4 Å². The molecule has 1 N–H and O–H groups in total. The lowest BCUT2D eigenvalue weighted by molar-refractivity contribution is -0.356. The molecule has 0 aliphatic heterocycles. The molecule has 7 nitrogen and oxygen atoms in total. The second kappa shape index (κ2) is 6.83. The van der Waals surface area contributed by atoms with Crippen LogP contribution in [-0.4, -0.2) is 54.9 Å². The largest absolute Gasteiger partial charge is 0.748 e. The SMILES string of the molecule is COc1cc(C(=O)OC(CS(=O)(=O)[O-])(C(F)(F)F)C(F)(F)F)ccc1O. The molecule has 0 bridgehead atoms. The highest BCUT2D eigenvalue weighted by Crippen LogP contribution is 2.47. The van der Waals surface area contributed by atoms with Gasteiger partial charge in [0.05, 0.1) is 28.5 Å². The average Bonchev–Trinajstić information content (AvgIpc) is 2.43. The van der Waals surface area contributed by atoms with E-state index in [4.69, 9.17) is 0 Å². The number of esters is 1. The van der Waals surface area contributed by atoms with Crippen molar-refractivity contribution in [3.8, 4) is 11.5 Å². The molecule has 0 amide bonds. The van der Waals surface area contributed by atoms with E-state index >= 15 is 0 Å².